The molecule has 1 aliphatic carbocycles. The molecule has 1 aliphatic heterocycles. The van der Waals surface area contributed by atoms with Crippen molar-refractivity contribution < 1.29 is 9.23 Å². The highest BCUT2D eigenvalue weighted by Gasteiger charge is 2.36. The summed E-state index contributed by atoms with van der Waals surface area (Å²) in [5, 5.41) is 4.17. The number of benzene rings is 1. The van der Waals surface area contributed by atoms with E-state index < -0.39 is 0 Å². The molecular formula is C13H14FNO. The van der Waals surface area contributed by atoms with Crippen molar-refractivity contribution in [3.63, 3.8) is 0 Å². The third-order valence-corrected chi connectivity index (χ3v) is 3.48. The van der Waals surface area contributed by atoms with Gasteiger partial charge in [-0.3, -0.25) is 0 Å². The molecule has 1 aromatic rings. The van der Waals surface area contributed by atoms with Crippen LogP contribution in [0, 0.1) is 11.7 Å². The minimum atomic E-state index is -0.205. The molecule has 3 rings (SSSR count). The summed E-state index contributed by atoms with van der Waals surface area (Å²) in [6, 6.07) is 6.53. The zero-order chi connectivity index (χ0) is 11.0. The van der Waals surface area contributed by atoms with Gasteiger partial charge in [-0.2, -0.15) is 0 Å². The first-order chi connectivity index (χ1) is 7.84. The summed E-state index contributed by atoms with van der Waals surface area (Å²) in [5.74, 6) is 0.211. The lowest BCUT2D eigenvalue weighted by atomic mass is 9.82. The normalized spacial score (nSPS) is 28.2. The number of oxime groups is 1. The molecule has 1 fully saturated rings. The van der Waals surface area contributed by atoms with Crippen LogP contribution in [0.4, 0.5) is 4.39 Å². The molecule has 1 saturated carbocycles. The van der Waals surface area contributed by atoms with Crippen molar-refractivity contribution in [3.05, 3.63) is 35.6 Å². The van der Waals surface area contributed by atoms with Gasteiger partial charge in [0.1, 0.15) is 11.9 Å². The minimum absolute atomic E-state index is 0.205. The lowest BCUT2D eigenvalue weighted by Crippen LogP contribution is -2.27. The van der Waals surface area contributed by atoms with Crippen LogP contribution in [0.25, 0.3) is 0 Å². The number of hydrogen-bond acceptors (Lipinski definition) is 2. The van der Waals surface area contributed by atoms with Crippen LogP contribution in [0.5, 0.6) is 0 Å². The lowest BCUT2D eigenvalue weighted by Gasteiger charge is -2.23. The molecule has 84 valence electrons. The molecule has 0 aromatic heterocycles. The largest absolute Gasteiger partial charge is 0.392 e. The SMILES string of the molecule is Fc1ccc(C2=NO[C@H]3CCCC[C@@H]23)cc1. The summed E-state index contributed by atoms with van der Waals surface area (Å²) in [6.45, 7) is 0. The number of hydrogen-bond donors (Lipinski definition) is 0. The molecule has 0 bridgehead atoms. The topological polar surface area (TPSA) is 21.6 Å². The molecule has 0 amide bonds. The van der Waals surface area contributed by atoms with E-state index in [1.54, 1.807) is 12.1 Å². The maximum absolute atomic E-state index is 12.8. The van der Waals surface area contributed by atoms with Crippen molar-refractivity contribution >= 4 is 5.71 Å². The summed E-state index contributed by atoms with van der Waals surface area (Å²) in [5.41, 5.74) is 2.00. The second-order valence-corrected chi connectivity index (χ2v) is 4.52. The molecule has 0 saturated heterocycles. The van der Waals surface area contributed by atoms with Crippen molar-refractivity contribution in [2.45, 2.75) is 31.8 Å². The molecule has 0 unspecified atom stereocenters. The molecule has 16 heavy (non-hydrogen) atoms. The Labute approximate surface area is 94.1 Å². The fraction of sp³-hybridized carbons (Fsp3) is 0.462. The van der Waals surface area contributed by atoms with Crippen LogP contribution >= 0.6 is 0 Å². The fourth-order valence-corrected chi connectivity index (χ4v) is 2.62. The first-order valence-electron chi connectivity index (χ1n) is 5.84. The Bertz CT molecular complexity index is 412. The van der Waals surface area contributed by atoms with Gasteiger partial charge in [0, 0.05) is 5.92 Å². The standard InChI is InChI=1S/C13H14FNO/c14-10-7-5-9(6-8-10)13-11-3-1-2-4-12(11)16-15-13/h5-8,11-12H,1-4H2/t11-,12+/m1/s1. The first kappa shape index (κ1) is 9.82. The van der Waals surface area contributed by atoms with Crippen molar-refractivity contribution in [2.75, 3.05) is 0 Å². The molecule has 0 spiro atoms. The summed E-state index contributed by atoms with van der Waals surface area (Å²) < 4.78 is 12.8. The van der Waals surface area contributed by atoms with E-state index in [1.807, 2.05) is 0 Å². The Hall–Kier alpha value is -1.38. The van der Waals surface area contributed by atoms with Gasteiger partial charge in [0.25, 0.3) is 0 Å². The Morgan fingerprint density at radius 1 is 1.12 bits per heavy atom. The van der Waals surface area contributed by atoms with Gasteiger partial charge in [0.2, 0.25) is 0 Å². The van der Waals surface area contributed by atoms with Crippen LogP contribution in [-0.4, -0.2) is 11.8 Å². The number of fused-ring (bicyclic) bond motifs is 1. The summed E-state index contributed by atoms with van der Waals surface area (Å²) >= 11 is 0. The lowest BCUT2D eigenvalue weighted by molar-refractivity contribution is 0.0397. The van der Waals surface area contributed by atoms with Crippen molar-refractivity contribution in [1.29, 1.82) is 0 Å². The van der Waals surface area contributed by atoms with Crippen LogP contribution in [-0.2, 0) is 4.84 Å². The monoisotopic (exact) mass is 219 g/mol. The van der Waals surface area contributed by atoms with E-state index in [0.29, 0.717) is 5.92 Å². The fourth-order valence-electron chi connectivity index (χ4n) is 2.62. The number of nitrogens with zero attached hydrogens (tertiary/aromatic N) is 1. The van der Waals surface area contributed by atoms with Gasteiger partial charge in [-0.1, -0.05) is 23.7 Å². The Kier molecular flexibility index (Phi) is 2.39. The van der Waals surface area contributed by atoms with E-state index in [1.165, 1.54) is 25.0 Å². The van der Waals surface area contributed by atoms with Crippen molar-refractivity contribution in [3.8, 4) is 0 Å². The third-order valence-electron chi connectivity index (χ3n) is 3.48. The summed E-state index contributed by atoms with van der Waals surface area (Å²) in [7, 11) is 0. The van der Waals surface area contributed by atoms with Gasteiger partial charge in [0.05, 0.1) is 5.71 Å². The average molecular weight is 219 g/mol. The zero-order valence-electron chi connectivity index (χ0n) is 9.03. The van der Waals surface area contributed by atoms with Crippen molar-refractivity contribution in [1.82, 2.24) is 0 Å². The minimum Gasteiger partial charge on any atom is -0.392 e. The van der Waals surface area contributed by atoms with E-state index >= 15 is 0 Å². The third kappa shape index (κ3) is 1.60. The number of halogens is 1. The van der Waals surface area contributed by atoms with E-state index in [2.05, 4.69) is 5.16 Å². The zero-order valence-corrected chi connectivity index (χ0v) is 9.03. The highest BCUT2D eigenvalue weighted by atomic mass is 19.1. The molecule has 3 heteroatoms. The molecule has 1 heterocycles. The smallest absolute Gasteiger partial charge is 0.136 e. The second-order valence-electron chi connectivity index (χ2n) is 4.52. The first-order valence-corrected chi connectivity index (χ1v) is 5.84. The van der Waals surface area contributed by atoms with E-state index in [-0.39, 0.29) is 11.9 Å². The van der Waals surface area contributed by atoms with Crippen LogP contribution in [0.15, 0.2) is 29.4 Å². The maximum atomic E-state index is 12.8. The Balaban J connectivity index is 1.87. The van der Waals surface area contributed by atoms with Crippen molar-refractivity contribution in [2.24, 2.45) is 11.1 Å². The maximum Gasteiger partial charge on any atom is 0.136 e. The van der Waals surface area contributed by atoms with Crippen LogP contribution in [0.1, 0.15) is 31.2 Å². The molecule has 1 aromatic carbocycles. The second kappa shape index (κ2) is 3.89. The quantitative estimate of drug-likeness (QED) is 0.711. The Morgan fingerprint density at radius 3 is 2.69 bits per heavy atom. The molecule has 2 nitrogen and oxygen atoms in total. The molecule has 2 atom stereocenters. The molecular weight excluding hydrogens is 205 g/mol. The van der Waals surface area contributed by atoms with Crippen LogP contribution in [0.2, 0.25) is 0 Å². The van der Waals surface area contributed by atoms with Crippen LogP contribution in [0.3, 0.4) is 0 Å². The van der Waals surface area contributed by atoms with E-state index in [9.17, 15) is 4.39 Å². The molecule has 0 N–H and O–H groups in total. The molecule has 0 radical (unpaired) electrons. The highest BCUT2D eigenvalue weighted by molar-refractivity contribution is 6.03. The Morgan fingerprint density at radius 2 is 1.88 bits per heavy atom. The van der Waals surface area contributed by atoms with Gasteiger partial charge >= 0.3 is 0 Å². The van der Waals surface area contributed by atoms with Gasteiger partial charge in [-0.15, -0.1) is 0 Å². The van der Waals surface area contributed by atoms with Gasteiger partial charge in [-0.05, 0) is 37.0 Å². The van der Waals surface area contributed by atoms with E-state index in [0.717, 1.165) is 24.1 Å². The summed E-state index contributed by atoms with van der Waals surface area (Å²) in [4.78, 5) is 5.45. The van der Waals surface area contributed by atoms with Gasteiger partial charge < -0.3 is 4.84 Å². The predicted molar refractivity (Wildman–Crippen MR) is 59.8 cm³/mol. The van der Waals surface area contributed by atoms with E-state index in [4.69, 9.17) is 4.84 Å². The predicted octanol–water partition coefficient (Wildman–Crippen LogP) is 3.12. The van der Waals surface area contributed by atoms with Gasteiger partial charge in [-0.25, -0.2) is 4.39 Å². The van der Waals surface area contributed by atoms with Gasteiger partial charge in [0.15, 0.2) is 0 Å². The summed E-state index contributed by atoms with van der Waals surface area (Å²) in [6.07, 6.45) is 4.96. The highest BCUT2D eigenvalue weighted by Crippen LogP contribution is 2.34. The number of rotatable bonds is 1. The average Bonchev–Trinajstić information content (AvgIpc) is 2.74. The molecule has 2 aliphatic rings. The van der Waals surface area contributed by atoms with Crippen LogP contribution < -0.4 is 0 Å².